The fourth-order valence-corrected chi connectivity index (χ4v) is 3.13. The first kappa shape index (κ1) is 19.1. The van der Waals surface area contributed by atoms with Gasteiger partial charge in [0.2, 0.25) is 0 Å². The Hall–Kier alpha value is -2.19. The maximum absolute atomic E-state index is 12.3. The van der Waals surface area contributed by atoms with Crippen LogP contribution in [0.25, 0.3) is 0 Å². The number of anilines is 1. The zero-order chi connectivity index (χ0) is 18.4. The molecule has 0 aliphatic rings. The van der Waals surface area contributed by atoms with E-state index in [9.17, 15) is 13.2 Å². The van der Waals surface area contributed by atoms with Gasteiger partial charge in [0.25, 0.3) is 15.9 Å². The van der Waals surface area contributed by atoms with Gasteiger partial charge < -0.3 is 0 Å². The molecular weight excluding hydrogens is 406 g/mol. The molecule has 2 N–H and O–H groups in total. The van der Waals surface area contributed by atoms with E-state index in [1.807, 2.05) is 13.8 Å². The number of hydrogen-bond donors (Lipinski definition) is 2. The first-order valence-electron chi connectivity index (χ1n) is 7.54. The van der Waals surface area contributed by atoms with Crippen LogP contribution in [0, 0.1) is 0 Å². The van der Waals surface area contributed by atoms with E-state index < -0.39 is 10.0 Å². The first-order valence-corrected chi connectivity index (χ1v) is 9.81. The number of benzene rings is 2. The third-order valence-electron chi connectivity index (χ3n) is 3.38. The number of sulfonamides is 1. The summed E-state index contributed by atoms with van der Waals surface area (Å²) in [5, 5.41) is 3.95. The number of nitrogens with zero attached hydrogens (tertiary/aromatic N) is 1. The van der Waals surface area contributed by atoms with Crippen LogP contribution < -0.4 is 10.1 Å². The Balaban J connectivity index is 2.09. The molecule has 0 aromatic heterocycles. The quantitative estimate of drug-likeness (QED) is 0.547. The molecule has 1 amide bonds. The van der Waals surface area contributed by atoms with Crippen LogP contribution in [0.3, 0.4) is 0 Å². The van der Waals surface area contributed by atoms with Gasteiger partial charge in [-0.15, -0.1) is 0 Å². The molecule has 0 bridgehead atoms. The zero-order valence-electron chi connectivity index (χ0n) is 13.8. The molecule has 0 saturated carbocycles. The van der Waals surface area contributed by atoms with E-state index in [1.54, 1.807) is 12.1 Å². The smallest absolute Gasteiger partial charge is 0.271 e. The SMILES string of the molecule is CC/C(C)=N\NC(=O)c1ccc(NS(=O)(=O)c2ccc(Br)cc2)cc1. The monoisotopic (exact) mass is 423 g/mol. The van der Waals surface area contributed by atoms with Crippen LogP contribution in [-0.2, 0) is 10.0 Å². The Bertz CT molecular complexity index is 876. The van der Waals surface area contributed by atoms with E-state index >= 15 is 0 Å². The molecule has 0 heterocycles. The summed E-state index contributed by atoms with van der Waals surface area (Å²) in [5.41, 5.74) is 4.02. The number of halogens is 1. The van der Waals surface area contributed by atoms with Crippen LogP contribution >= 0.6 is 15.9 Å². The molecule has 8 heteroatoms. The van der Waals surface area contributed by atoms with Crippen LogP contribution in [0.2, 0.25) is 0 Å². The number of hydrazone groups is 1. The molecule has 6 nitrogen and oxygen atoms in total. The van der Waals surface area contributed by atoms with Gasteiger partial charge in [0.1, 0.15) is 0 Å². The van der Waals surface area contributed by atoms with Crippen molar-refractivity contribution in [3.63, 3.8) is 0 Å². The second-order valence-electron chi connectivity index (χ2n) is 5.28. The lowest BCUT2D eigenvalue weighted by molar-refractivity contribution is 0.0954. The number of carbonyl (C=O) groups is 1. The van der Waals surface area contributed by atoms with Gasteiger partial charge in [0.05, 0.1) is 4.90 Å². The van der Waals surface area contributed by atoms with Crippen molar-refractivity contribution in [2.24, 2.45) is 5.10 Å². The minimum atomic E-state index is -3.68. The fourth-order valence-electron chi connectivity index (χ4n) is 1.81. The highest BCUT2D eigenvalue weighted by Crippen LogP contribution is 2.19. The summed E-state index contributed by atoms with van der Waals surface area (Å²) < 4.78 is 27.9. The van der Waals surface area contributed by atoms with E-state index in [-0.39, 0.29) is 10.8 Å². The summed E-state index contributed by atoms with van der Waals surface area (Å²) in [5.74, 6) is -0.352. The summed E-state index contributed by atoms with van der Waals surface area (Å²) in [7, 11) is -3.68. The van der Waals surface area contributed by atoms with Crippen molar-refractivity contribution >= 4 is 43.3 Å². The molecule has 2 aromatic rings. The largest absolute Gasteiger partial charge is 0.280 e. The standard InChI is InChI=1S/C17H18BrN3O3S/c1-3-12(2)19-20-17(22)13-4-8-15(9-5-13)21-25(23,24)16-10-6-14(18)7-11-16/h4-11,21H,3H2,1-2H3,(H,20,22)/b19-12-. The number of rotatable bonds is 6. The molecule has 0 fully saturated rings. The molecule has 0 aliphatic carbocycles. The van der Waals surface area contributed by atoms with E-state index in [2.05, 4.69) is 31.2 Å². The average Bonchev–Trinajstić information content (AvgIpc) is 2.60. The molecular formula is C17H18BrN3O3S. The van der Waals surface area contributed by atoms with E-state index in [1.165, 1.54) is 36.4 Å². The summed E-state index contributed by atoms with van der Waals surface area (Å²) in [4.78, 5) is 12.1. The van der Waals surface area contributed by atoms with Crippen molar-refractivity contribution in [2.45, 2.75) is 25.2 Å². The van der Waals surface area contributed by atoms with Crippen LogP contribution in [0.15, 0.2) is 63.0 Å². The van der Waals surface area contributed by atoms with E-state index in [0.717, 1.165) is 16.6 Å². The summed E-state index contributed by atoms with van der Waals surface area (Å²) >= 11 is 3.26. The number of nitrogens with one attached hydrogen (secondary N) is 2. The highest BCUT2D eigenvalue weighted by molar-refractivity contribution is 9.10. The van der Waals surface area contributed by atoms with Crippen LogP contribution in [0.5, 0.6) is 0 Å². The van der Waals surface area contributed by atoms with Crippen molar-refractivity contribution < 1.29 is 13.2 Å². The number of carbonyl (C=O) groups excluding carboxylic acids is 1. The van der Waals surface area contributed by atoms with Gasteiger partial charge in [-0.25, -0.2) is 13.8 Å². The minimum absolute atomic E-state index is 0.155. The van der Waals surface area contributed by atoms with Crippen molar-refractivity contribution in [1.82, 2.24) is 5.43 Å². The van der Waals surface area contributed by atoms with Crippen LogP contribution in [0.1, 0.15) is 30.6 Å². The molecule has 0 saturated heterocycles. The Labute approximate surface area is 155 Å². The van der Waals surface area contributed by atoms with Gasteiger partial charge in [0, 0.05) is 21.4 Å². The molecule has 0 radical (unpaired) electrons. The Kier molecular flexibility index (Phi) is 6.33. The molecule has 25 heavy (non-hydrogen) atoms. The second kappa shape index (κ2) is 8.26. The van der Waals surface area contributed by atoms with Crippen LogP contribution in [0.4, 0.5) is 5.69 Å². The molecule has 0 aliphatic heterocycles. The van der Waals surface area contributed by atoms with Crippen molar-refractivity contribution in [1.29, 1.82) is 0 Å². The van der Waals surface area contributed by atoms with E-state index in [0.29, 0.717) is 11.3 Å². The molecule has 2 aromatic carbocycles. The average molecular weight is 424 g/mol. The lowest BCUT2D eigenvalue weighted by Gasteiger charge is -2.09. The van der Waals surface area contributed by atoms with E-state index in [4.69, 9.17) is 0 Å². The Morgan fingerprint density at radius 1 is 1.08 bits per heavy atom. The highest BCUT2D eigenvalue weighted by atomic mass is 79.9. The van der Waals surface area contributed by atoms with Crippen LogP contribution in [-0.4, -0.2) is 20.0 Å². The maximum Gasteiger partial charge on any atom is 0.271 e. The topological polar surface area (TPSA) is 87.6 Å². The van der Waals surface area contributed by atoms with Gasteiger partial charge in [-0.2, -0.15) is 5.10 Å². The van der Waals surface area contributed by atoms with Gasteiger partial charge in [-0.3, -0.25) is 9.52 Å². The molecule has 0 spiro atoms. The normalized spacial score (nSPS) is 11.9. The molecule has 0 unspecified atom stereocenters. The van der Waals surface area contributed by atoms with Gasteiger partial charge >= 0.3 is 0 Å². The lowest BCUT2D eigenvalue weighted by atomic mass is 10.2. The molecule has 2 rings (SSSR count). The fraction of sp³-hybridized carbons (Fsp3) is 0.176. The number of hydrogen-bond acceptors (Lipinski definition) is 4. The molecule has 132 valence electrons. The third-order valence-corrected chi connectivity index (χ3v) is 5.31. The third kappa shape index (κ3) is 5.40. The zero-order valence-corrected chi connectivity index (χ0v) is 16.2. The van der Waals surface area contributed by atoms with Crippen molar-refractivity contribution in [3.8, 4) is 0 Å². The van der Waals surface area contributed by atoms with Gasteiger partial charge in [-0.1, -0.05) is 22.9 Å². The minimum Gasteiger partial charge on any atom is -0.280 e. The molecule has 0 atom stereocenters. The summed E-state index contributed by atoms with van der Waals surface area (Å²) in [6.07, 6.45) is 0.747. The Morgan fingerprint density at radius 2 is 1.68 bits per heavy atom. The second-order valence-corrected chi connectivity index (χ2v) is 7.88. The van der Waals surface area contributed by atoms with Gasteiger partial charge in [-0.05, 0) is 61.9 Å². The van der Waals surface area contributed by atoms with Crippen molar-refractivity contribution in [2.75, 3.05) is 4.72 Å². The lowest BCUT2D eigenvalue weighted by Crippen LogP contribution is -2.19. The predicted octanol–water partition coefficient (Wildman–Crippen LogP) is 3.77. The Morgan fingerprint density at radius 3 is 2.24 bits per heavy atom. The van der Waals surface area contributed by atoms with Crippen molar-refractivity contribution in [3.05, 3.63) is 58.6 Å². The summed E-state index contributed by atoms with van der Waals surface area (Å²) in [6.45, 7) is 3.76. The first-order chi connectivity index (χ1) is 11.8. The predicted molar refractivity (Wildman–Crippen MR) is 102 cm³/mol. The summed E-state index contributed by atoms with van der Waals surface area (Å²) in [6, 6.07) is 12.4. The number of amides is 1. The highest BCUT2D eigenvalue weighted by Gasteiger charge is 2.14. The maximum atomic E-state index is 12.3. The van der Waals surface area contributed by atoms with Gasteiger partial charge in [0.15, 0.2) is 0 Å².